The van der Waals surface area contributed by atoms with E-state index in [-0.39, 0.29) is 5.91 Å². The lowest BCUT2D eigenvalue weighted by atomic mass is 10.1. The van der Waals surface area contributed by atoms with Crippen LogP contribution < -0.4 is 5.32 Å². The van der Waals surface area contributed by atoms with E-state index in [4.69, 9.17) is 4.99 Å². The SMILES string of the molecule is CC/C=C\C/C=C\C/C=C\CCCCCCCC(=O)NCC[N+]1(C)CCN=C1CCCCCCC/C=C\C/C=C\C/C=C\CC. The van der Waals surface area contributed by atoms with E-state index in [1.54, 1.807) is 0 Å². The zero-order valence-electron chi connectivity index (χ0n) is 29.7. The van der Waals surface area contributed by atoms with Crippen LogP contribution in [0.3, 0.4) is 0 Å². The topological polar surface area (TPSA) is 41.5 Å². The first kappa shape index (κ1) is 40.6. The van der Waals surface area contributed by atoms with Crippen LogP contribution in [0.1, 0.15) is 142 Å². The van der Waals surface area contributed by atoms with Crippen molar-refractivity contribution < 1.29 is 9.28 Å². The second-order valence-corrected chi connectivity index (χ2v) is 12.7. The third kappa shape index (κ3) is 24.4. The molecule has 0 bridgehead atoms. The van der Waals surface area contributed by atoms with E-state index >= 15 is 0 Å². The molecule has 45 heavy (non-hydrogen) atoms. The van der Waals surface area contributed by atoms with Crippen LogP contribution in [0.4, 0.5) is 0 Å². The van der Waals surface area contributed by atoms with Crippen LogP contribution in [0.5, 0.6) is 0 Å². The highest BCUT2D eigenvalue weighted by Gasteiger charge is 2.32. The smallest absolute Gasteiger partial charge is 0.220 e. The maximum atomic E-state index is 12.4. The second kappa shape index (κ2) is 30.2. The molecule has 0 fully saturated rings. The van der Waals surface area contributed by atoms with Crippen LogP contribution in [0.25, 0.3) is 0 Å². The van der Waals surface area contributed by atoms with Crippen LogP contribution in [0.2, 0.25) is 0 Å². The average Bonchev–Trinajstić information content (AvgIpc) is 3.40. The molecule has 0 aromatic heterocycles. The van der Waals surface area contributed by atoms with Crippen LogP contribution in [-0.4, -0.2) is 49.5 Å². The van der Waals surface area contributed by atoms with E-state index < -0.39 is 0 Å². The van der Waals surface area contributed by atoms with E-state index in [9.17, 15) is 4.79 Å². The Balaban J connectivity index is 2.00. The fourth-order valence-electron chi connectivity index (χ4n) is 5.63. The molecule has 0 aromatic rings. The number of amides is 1. The highest BCUT2D eigenvalue weighted by Crippen LogP contribution is 2.18. The summed E-state index contributed by atoms with van der Waals surface area (Å²) in [5, 5.41) is 3.19. The molecule has 0 aliphatic carbocycles. The van der Waals surface area contributed by atoms with Crippen molar-refractivity contribution in [1.82, 2.24) is 5.32 Å². The number of hydrogen-bond donors (Lipinski definition) is 1. The summed E-state index contributed by atoms with van der Waals surface area (Å²) >= 11 is 0. The molecule has 4 heteroatoms. The van der Waals surface area contributed by atoms with Gasteiger partial charge in [0.2, 0.25) is 5.91 Å². The Morgan fingerprint density at radius 1 is 0.644 bits per heavy atom. The van der Waals surface area contributed by atoms with Gasteiger partial charge in [0, 0.05) is 12.8 Å². The van der Waals surface area contributed by atoms with Crippen molar-refractivity contribution in [1.29, 1.82) is 0 Å². The number of carbonyl (C=O) groups is 1. The molecule has 1 amide bonds. The molecule has 1 rings (SSSR count). The van der Waals surface area contributed by atoms with Crippen LogP contribution >= 0.6 is 0 Å². The molecule has 4 nitrogen and oxygen atoms in total. The van der Waals surface area contributed by atoms with E-state index in [1.165, 1.54) is 70.0 Å². The monoisotopic (exact) mass is 621 g/mol. The van der Waals surface area contributed by atoms with E-state index in [2.05, 4.69) is 99.1 Å². The van der Waals surface area contributed by atoms with Crippen LogP contribution in [0.15, 0.2) is 77.9 Å². The lowest BCUT2D eigenvalue weighted by Gasteiger charge is -2.30. The van der Waals surface area contributed by atoms with Gasteiger partial charge in [-0.1, -0.05) is 125 Å². The summed E-state index contributed by atoms with van der Waals surface area (Å²) in [4.78, 5) is 17.3. The van der Waals surface area contributed by atoms with E-state index in [1.807, 2.05) is 0 Å². The summed E-state index contributed by atoms with van der Waals surface area (Å²) in [5.41, 5.74) is 0. The molecule has 0 saturated heterocycles. The lowest BCUT2D eigenvalue weighted by Crippen LogP contribution is -2.51. The molecule has 0 saturated carbocycles. The van der Waals surface area contributed by atoms with Gasteiger partial charge >= 0.3 is 0 Å². The van der Waals surface area contributed by atoms with Gasteiger partial charge in [-0.15, -0.1) is 0 Å². The zero-order valence-corrected chi connectivity index (χ0v) is 29.7. The molecular weight excluding hydrogens is 550 g/mol. The van der Waals surface area contributed by atoms with Crippen molar-refractivity contribution >= 4 is 11.7 Å². The summed E-state index contributed by atoms with van der Waals surface area (Å²) in [7, 11) is 2.31. The van der Waals surface area contributed by atoms with E-state index in [0.29, 0.717) is 6.42 Å². The van der Waals surface area contributed by atoms with Gasteiger partial charge in [-0.3, -0.25) is 9.28 Å². The molecule has 1 aliphatic heterocycles. The Labute approximate surface area is 279 Å². The molecule has 0 aromatic carbocycles. The number of nitrogens with zero attached hydrogens (tertiary/aromatic N) is 2. The second-order valence-electron chi connectivity index (χ2n) is 12.7. The predicted octanol–water partition coefficient (Wildman–Crippen LogP) is 11.1. The Morgan fingerprint density at radius 3 is 1.67 bits per heavy atom. The number of aliphatic imine (C=N–C) groups is 1. The largest absolute Gasteiger partial charge is 0.350 e. The number of quaternary nitrogens is 1. The maximum absolute atomic E-state index is 12.4. The van der Waals surface area contributed by atoms with Gasteiger partial charge < -0.3 is 5.32 Å². The number of hydrogen-bond acceptors (Lipinski definition) is 2. The van der Waals surface area contributed by atoms with Crippen molar-refractivity contribution in [3.63, 3.8) is 0 Å². The summed E-state index contributed by atoms with van der Waals surface area (Å²) < 4.78 is 0.912. The van der Waals surface area contributed by atoms with Crippen molar-refractivity contribution in [2.24, 2.45) is 4.99 Å². The zero-order chi connectivity index (χ0) is 32.5. The summed E-state index contributed by atoms with van der Waals surface area (Å²) in [6.07, 6.45) is 50.1. The van der Waals surface area contributed by atoms with Crippen LogP contribution in [-0.2, 0) is 4.79 Å². The molecule has 1 heterocycles. The molecule has 1 N–H and O–H groups in total. The molecule has 254 valence electrons. The van der Waals surface area contributed by atoms with Gasteiger partial charge in [0.1, 0.15) is 13.1 Å². The van der Waals surface area contributed by atoms with Crippen molar-refractivity contribution in [3.8, 4) is 0 Å². The minimum absolute atomic E-state index is 0.214. The number of carbonyl (C=O) groups excluding carboxylic acids is 1. The maximum Gasteiger partial charge on any atom is 0.220 e. The standard InChI is InChI=1S/C41H69N3O/c1-4-6-8-10-12-14-16-18-20-22-24-26-28-30-32-34-40-42-36-38-44(40,3)39-37-43-41(45)35-33-31-29-27-25-23-21-19-17-15-13-11-9-7-5-2/h6-9,12-15,18-21H,4-5,10-11,16-17,22-39H2,1-3H3/p+1/b8-6-,9-7-,14-12-,15-13-,20-18-,21-19-. The van der Waals surface area contributed by atoms with Gasteiger partial charge in [0.25, 0.3) is 0 Å². The normalized spacial score (nSPS) is 17.4. The summed E-state index contributed by atoms with van der Waals surface area (Å²) in [6, 6.07) is 0. The first-order valence-corrected chi connectivity index (χ1v) is 18.7. The fourth-order valence-corrected chi connectivity index (χ4v) is 5.63. The predicted molar refractivity (Wildman–Crippen MR) is 200 cm³/mol. The van der Waals surface area contributed by atoms with E-state index in [0.717, 1.165) is 88.4 Å². The minimum atomic E-state index is 0.214. The molecule has 1 aliphatic rings. The van der Waals surface area contributed by atoms with Crippen LogP contribution in [0, 0.1) is 0 Å². The van der Waals surface area contributed by atoms with Gasteiger partial charge in [0.05, 0.1) is 20.1 Å². The first-order valence-electron chi connectivity index (χ1n) is 18.7. The third-order valence-corrected chi connectivity index (χ3v) is 8.54. The molecule has 1 unspecified atom stereocenters. The number of nitrogens with one attached hydrogen (secondary N) is 1. The quantitative estimate of drug-likeness (QED) is 0.0504. The average molecular weight is 621 g/mol. The molecule has 0 radical (unpaired) electrons. The van der Waals surface area contributed by atoms with Gasteiger partial charge in [-0.25, -0.2) is 4.99 Å². The highest BCUT2D eigenvalue weighted by atomic mass is 16.1. The lowest BCUT2D eigenvalue weighted by molar-refractivity contribution is -0.814. The Bertz CT molecular complexity index is 923. The molecule has 0 spiro atoms. The number of amidine groups is 1. The van der Waals surface area contributed by atoms with Gasteiger partial charge in [-0.05, 0) is 77.0 Å². The first-order chi connectivity index (χ1) is 22.1. The Morgan fingerprint density at radius 2 is 1.11 bits per heavy atom. The van der Waals surface area contributed by atoms with Crippen molar-refractivity contribution in [3.05, 3.63) is 72.9 Å². The third-order valence-electron chi connectivity index (χ3n) is 8.54. The Hall–Kier alpha value is -2.46. The Kier molecular flexibility index (Phi) is 27.2. The fraction of sp³-hybridized carbons (Fsp3) is 0.659. The number of likely N-dealkylation sites (N-methyl/N-ethyl adjacent to an activating group) is 1. The van der Waals surface area contributed by atoms with Gasteiger partial charge in [-0.2, -0.15) is 0 Å². The van der Waals surface area contributed by atoms with Gasteiger partial charge in [0.15, 0.2) is 5.84 Å². The number of unbranched alkanes of at least 4 members (excludes halogenated alkanes) is 10. The number of allylic oxidation sites excluding steroid dienone is 12. The molecule has 1 atom stereocenters. The minimum Gasteiger partial charge on any atom is -0.350 e. The summed E-state index contributed by atoms with van der Waals surface area (Å²) in [6.45, 7) is 8.06. The summed E-state index contributed by atoms with van der Waals surface area (Å²) in [5.74, 6) is 1.56. The van der Waals surface area contributed by atoms with Crippen molar-refractivity contribution in [2.45, 2.75) is 142 Å². The highest BCUT2D eigenvalue weighted by molar-refractivity contribution is 5.77. The van der Waals surface area contributed by atoms with Crippen molar-refractivity contribution in [2.75, 3.05) is 33.2 Å². The number of rotatable bonds is 29. The molecular formula is C41H70N3O+.